The fraction of sp³-hybridized carbons (Fsp3) is 0.200. The summed E-state index contributed by atoms with van der Waals surface area (Å²) in [6.07, 6.45) is 3.63. The molecule has 0 atom stereocenters. The molecule has 0 unspecified atom stereocenters. The first kappa shape index (κ1) is 28.7. The van der Waals surface area contributed by atoms with E-state index < -0.39 is 10.0 Å². The van der Waals surface area contributed by atoms with Crippen LogP contribution in [-0.2, 0) is 16.4 Å². The van der Waals surface area contributed by atoms with Gasteiger partial charge in [-0.05, 0) is 55.0 Å². The van der Waals surface area contributed by atoms with Crippen molar-refractivity contribution in [2.75, 3.05) is 43.3 Å². The largest absolute Gasteiger partial charge is 0.493 e. The summed E-state index contributed by atoms with van der Waals surface area (Å²) in [4.78, 5) is 15.8. The lowest BCUT2D eigenvalue weighted by atomic mass is 10.1. The summed E-state index contributed by atoms with van der Waals surface area (Å²) in [6, 6.07) is 11.3. The number of aromatic nitrogens is 4. The van der Waals surface area contributed by atoms with Gasteiger partial charge >= 0.3 is 0 Å². The molecule has 13 nitrogen and oxygen atoms in total. The Hall–Kier alpha value is -4.85. The van der Waals surface area contributed by atoms with Crippen LogP contribution in [0.2, 0.25) is 0 Å². The number of benzene rings is 2. The number of methoxy groups -OCH3 is 3. The minimum absolute atomic E-state index is 0.0480. The predicted octanol–water partition coefficient (Wildman–Crippen LogP) is 2.43. The summed E-state index contributed by atoms with van der Waals surface area (Å²) >= 11 is 0. The molecule has 2 aromatic carbocycles. The molecular formula is C25H30N8O5S. The molecule has 0 aliphatic rings. The summed E-state index contributed by atoms with van der Waals surface area (Å²) in [6.45, 7) is 1.75. The van der Waals surface area contributed by atoms with Gasteiger partial charge < -0.3 is 31.4 Å². The van der Waals surface area contributed by atoms with Crippen LogP contribution in [0, 0.1) is 6.92 Å². The van der Waals surface area contributed by atoms with Crippen molar-refractivity contribution in [2.45, 2.75) is 18.2 Å². The fourth-order valence-corrected chi connectivity index (χ4v) is 4.30. The van der Waals surface area contributed by atoms with Gasteiger partial charge in [0.05, 0.1) is 26.2 Å². The van der Waals surface area contributed by atoms with Crippen LogP contribution in [0.4, 0.5) is 23.4 Å². The molecule has 0 radical (unpaired) electrons. The number of ether oxygens (including phenoxy) is 3. The second kappa shape index (κ2) is 12.6. The monoisotopic (exact) mass is 554 g/mol. The van der Waals surface area contributed by atoms with Gasteiger partial charge in [0.2, 0.25) is 17.6 Å². The Kier molecular flexibility index (Phi) is 9.28. The van der Waals surface area contributed by atoms with Crippen LogP contribution in [0.15, 0.2) is 59.8 Å². The number of anilines is 4. The summed E-state index contributed by atoms with van der Waals surface area (Å²) in [5.74, 6) is 2.28. The van der Waals surface area contributed by atoms with Crippen molar-refractivity contribution in [3.8, 4) is 17.2 Å². The molecule has 39 heavy (non-hydrogen) atoms. The Labute approximate surface area is 226 Å². The van der Waals surface area contributed by atoms with E-state index in [1.807, 2.05) is 12.1 Å². The van der Waals surface area contributed by atoms with Gasteiger partial charge in [0.1, 0.15) is 5.82 Å². The molecule has 2 heterocycles. The van der Waals surface area contributed by atoms with Crippen molar-refractivity contribution in [2.24, 2.45) is 0 Å². The third kappa shape index (κ3) is 7.58. The number of nitrogens with one attached hydrogen (secondary N) is 1. The average molecular weight is 555 g/mol. The average Bonchev–Trinajstić information content (AvgIpc) is 2.90. The molecule has 14 heteroatoms. The van der Waals surface area contributed by atoms with Crippen molar-refractivity contribution in [3.63, 3.8) is 0 Å². The van der Waals surface area contributed by atoms with Gasteiger partial charge in [0.15, 0.2) is 11.5 Å². The first-order valence-electron chi connectivity index (χ1n) is 11.4. The van der Waals surface area contributed by atoms with Gasteiger partial charge in [-0.3, -0.25) is 0 Å². The molecule has 0 aliphatic carbocycles. The molecule has 206 valence electrons. The standard InChI is InChI=1S/C14H18N4O3.C11H12N4O2S/c1-19-10-5-8(6-11(20-2)12(10)21-3)4-9-7-17-14(16)18-13(9)15;1-8-6-7-13-11(14-8)15-18(16,17)10-4-2-9(12)3-5-10/h5-7H,4H2,1-3H3,(H4,15,16,17,18);2-7H,12H2,1H3,(H,13,14,15). The maximum Gasteiger partial charge on any atom is 0.264 e. The first-order valence-corrected chi connectivity index (χ1v) is 12.9. The topological polar surface area (TPSA) is 203 Å². The van der Waals surface area contributed by atoms with Crippen molar-refractivity contribution in [1.29, 1.82) is 0 Å². The number of sulfonamides is 1. The van der Waals surface area contributed by atoms with E-state index in [4.69, 9.17) is 31.4 Å². The molecule has 0 amide bonds. The number of hydrogen-bond acceptors (Lipinski definition) is 12. The van der Waals surface area contributed by atoms with Gasteiger partial charge in [0.25, 0.3) is 10.0 Å². The highest BCUT2D eigenvalue weighted by molar-refractivity contribution is 7.92. The van der Waals surface area contributed by atoms with E-state index in [1.54, 1.807) is 40.5 Å². The van der Waals surface area contributed by atoms with E-state index >= 15 is 0 Å². The number of nitrogen functional groups attached to an aromatic ring is 3. The highest BCUT2D eigenvalue weighted by atomic mass is 32.2. The minimum atomic E-state index is -3.68. The number of aryl methyl sites for hydroxylation is 1. The molecule has 0 fully saturated rings. The lowest BCUT2D eigenvalue weighted by molar-refractivity contribution is 0.324. The van der Waals surface area contributed by atoms with Crippen LogP contribution < -0.4 is 36.1 Å². The maximum atomic E-state index is 12.0. The quantitative estimate of drug-likeness (QED) is 0.232. The lowest BCUT2D eigenvalue weighted by Gasteiger charge is -2.14. The van der Waals surface area contributed by atoms with Crippen LogP contribution >= 0.6 is 0 Å². The van der Waals surface area contributed by atoms with Gasteiger partial charge in [-0.1, -0.05) is 0 Å². The Morgan fingerprint density at radius 3 is 2.05 bits per heavy atom. The fourth-order valence-electron chi connectivity index (χ4n) is 3.35. The van der Waals surface area contributed by atoms with Crippen LogP contribution in [0.25, 0.3) is 0 Å². The molecule has 0 spiro atoms. The van der Waals surface area contributed by atoms with Crippen molar-refractivity contribution in [3.05, 3.63) is 71.7 Å². The van der Waals surface area contributed by atoms with Crippen molar-refractivity contribution >= 4 is 33.4 Å². The zero-order valence-corrected chi connectivity index (χ0v) is 22.7. The smallest absolute Gasteiger partial charge is 0.264 e. The third-order valence-corrected chi connectivity index (χ3v) is 6.59. The third-order valence-electron chi connectivity index (χ3n) is 5.25. The Morgan fingerprint density at radius 2 is 1.51 bits per heavy atom. The van der Waals surface area contributed by atoms with E-state index in [0.29, 0.717) is 40.9 Å². The molecule has 4 aromatic rings. The normalized spacial score (nSPS) is 10.7. The maximum absolute atomic E-state index is 12.0. The van der Waals surface area contributed by atoms with E-state index in [0.717, 1.165) is 11.1 Å². The second-order valence-corrected chi connectivity index (χ2v) is 9.73. The van der Waals surface area contributed by atoms with Gasteiger partial charge in [-0.25, -0.2) is 28.1 Å². The molecule has 7 N–H and O–H groups in total. The molecule has 4 rings (SSSR count). The molecule has 2 aromatic heterocycles. The van der Waals surface area contributed by atoms with E-state index in [2.05, 4.69) is 24.7 Å². The summed E-state index contributed by atoms with van der Waals surface area (Å²) in [5.41, 5.74) is 19.7. The van der Waals surface area contributed by atoms with Crippen molar-refractivity contribution in [1.82, 2.24) is 19.9 Å². The van der Waals surface area contributed by atoms with Crippen LogP contribution in [-0.4, -0.2) is 49.7 Å². The Balaban J connectivity index is 0.000000218. The summed E-state index contributed by atoms with van der Waals surface area (Å²) < 4.78 is 42.2. The second-order valence-electron chi connectivity index (χ2n) is 8.05. The van der Waals surface area contributed by atoms with Gasteiger partial charge in [-0.2, -0.15) is 4.98 Å². The lowest BCUT2D eigenvalue weighted by Crippen LogP contribution is -2.15. The van der Waals surface area contributed by atoms with Gasteiger partial charge in [-0.15, -0.1) is 0 Å². The Morgan fingerprint density at radius 1 is 0.872 bits per heavy atom. The number of rotatable bonds is 8. The highest BCUT2D eigenvalue weighted by Crippen LogP contribution is 2.38. The zero-order chi connectivity index (χ0) is 28.6. The Bertz CT molecular complexity index is 1510. The highest BCUT2D eigenvalue weighted by Gasteiger charge is 2.16. The molecule has 0 saturated carbocycles. The molecule has 0 aliphatic heterocycles. The molecular weight excluding hydrogens is 524 g/mol. The van der Waals surface area contributed by atoms with E-state index in [1.165, 1.54) is 30.5 Å². The van der Waals surface area contributed by atoms with E-state index in [-0.39, 0.29) is 16.8 Å². The summed E-state index contributed by atoms with van der Waals surface area (Å²) in [5, 5.41) is 0. The van der Waals surface area contributed by atoms with Gasteiger partial charge in [0, 0.05) is 35.8 Å². The predicted molar refractivity (Wildman–Crippen MR) is 148 cm³/mol. The first-order chi connectivity index (χ1) is 18.6. The van der Waals surface area contributed by atoms with Crippen LogP contribution in [0.3, 0.4) is 0 Å². The van der Waals surface area contributed by atoms with Crippen LogP contribution in [0.5, 0.6) is 17.2 Å². The number of nitrogens with zero attached hydrogens (tertiary/aromatic N) is 4. The zero-order valence-electron chi connectivity index (χ0n) is 21.9. The van der Waals surface area contributed by atoms with Crippen molar-refractivity contribution < 1.29 is 22.6 Å². The van der Waals surface area contributed by atoms with E-state index in [9.17, 15) is 8.42 Å². The van der Waals surface area contributed by atoms with Crippen LogP contribution in [0.1, 0.15) is 16.8 Å². The minimum Gasteiger partial charge on any atom is -0.493 e. The molecule has 0 saturated heterocycles. The number of hydrogen-bond donors (Lipinski definition) is 4. The molecule has 0 bridgehead atoms. The number of nitrogens with two attached hydrogens (primary N) is 3. The SMILES string of the molecule is COc1cc(Cc2cnc(N)nc2N)cc(OC)c1OC.Cc1ccnc(NS(=O)(=O)c2ccc(N)cc2)n1. The summed E-state index contributed by atoms with van der Waals surface area (Å²) in [7, 11) is 1.03.